The van der Waals surface area contributed by atoms with E-state index in [1.54, 1.807) is 15.9 Å². The normalized spacial score (nSPS) is 17.7. The van der Waals surface area contributed by atoms with Crippen LogP contribution in [0.2, 0.25) is 0 Å². The number of nitrogens with zero attached hydrogens (tertiary/aromatic N) is 4. The molecule has 1 aliphatic carbocycles. The number of nitrogens with one attached hydrogen (secondary N) is 1. The summed E-state index contributed by atoms with van der Waals surface area (Å²) in [5, 5.41) is 4.67. The van der Waals surface area contributed by atoms with Gasteiger partial charge in [0.25, 0.3) is 5.56 Å². The van der Waals surface area contributed by atoms with Gasteiger partial charge in [-0.25, -0.2) is 4.98 Å². The molecule has 2 aromatic heterocycles. The van der Waals surface area contributed by atoms with Crippen LogP contribution in [0.25, 0.3) is 10.2 Å². The van der Waals surface area contributed by atoms with Crippen molar-refractivity contribution in [1.29, 1.82) is 0 Å². The monoisotopic (exact) mass is 377 g/mol. The molecule has 2 aliphatic rings. The summed E-state index contributed by atoms with van der Waals surface area (Å²) in [4.78, 5) is 24.5. The van der Waals surface area contributed by atoms with Crippen LogP contribution in [-0.2, 0) is 19.9 Å². The standard InChI is InChI=1S/C17H23N5OS2/c1-18-17(24)22-9-7-21(8-10-22)16-19-14-13(15(23)20(16)2)11-5-3-4-6-12(11)25-14/h3-10H2,1-2H3,(H,18,24). The minimum absolute atomic E-state index is 0.104. The summed E-state index contributed by atoms with van der Waals surface area (Å²) >= 11 is 7.03. The molecule has 0 amide bonds. The zero-order chi connectivity index (χ0) is 17.6. The molecule has 8 heteroatoms. The molecule has 4 rings (SSSR count). The van der Waals surface area contributed by atoms with E-state index in [-0.39, 0.29) is 5.56 Å². The van der Waals surface area contributed by atoms with Crippen molar-refractivity contribution in [2.75, 3.05) is 38.1 Å². The zero-order valence-electron chi connectivity index (χ0n) is 14.7. The van der Waals surface area contributed by atoms with Crippen molar-refractivity contribution in [1.82, 2.24) is 19.8 Å². The highest BCUT2D eigenvalue weighted by Crippen LogP contribution is 2.34. The first-order valence-corrected chi connectivity index (χ1v) is 10.1. The summed E-state index contributed by atoms with van der Waals surface area (Å²) < 4.78 is 1.73. The van der Waals surface area contributed by atoms with Crippen LogP contribution in [0.3, 0.4) is 0 Å². The molecular weight excluding hydrogens is 354 g/mol. The van der Waals surface area contributed by atoms with Gasteiger partial charge in [0.15, 0.2) is 5.11 Å². The molecule has 0 unspecified atom stereocenters. The maximum atomic E-state index is 13.0. The molecule has 1 fully saturated rings. The number of aromatic nitrogens is 2. The molecule has 0 saturated carbocycles. The fourth-order valence-corrected chi connectivity index (χ4v) is 5.26. The number of anilines is 1. The average Bonchev–Trinajstić information content (AvgIpc) is 3.02. The number of hydrogen-bond donors (Lipinski definition) is 1. The Kier molecular flexibility index (Phi) is 4.41. The number of rotatable bonds is 1. The molecular formula is C17H23N5OS2. The number of thiophene rings is 1. The molecule has 2 aromatic rings. The van der Waals surface area contributed by atoms with Gasteiger partial charge in [0, 0.05) is 45.2 Å². The first-order chi connectivity index (χ1) is 12.1. The van der Waals surface area contributed by atoms with Gasteiger partial charge in [-0.1, -0.05) is 0 Å². The topological polar surface area (TPSA) is 53.4 Å². The lowest BCUT2D eigenvalue weighted by Crippen LogP contribution is -2.52. The van der Waals surface area contributed by atoms with Gasteiger partial charge in [0.1, 0.15) is 4.83 Å². The molecule has 0 spiro atoms. The molecule has 0 aromatic carbocycles. The number of fused-ring (bicyclic) bond motifs is 3. The van der Waals surface area contributed by atoms with Gasteiger partial charge < -0.3 is 15.1 Å². The van der Waals surface area contributed by atoms with Crippen molar-refractivity contribution >= 4 is 44.8 Å². The first-order valence-electron chi connectivity index (χ1n) is 8.83. The average molecular weight is 378 g/mol. The van der Waals surface area contributed by atoms with Crippen molar-refractivity contribution in [3.63, 3.8) is 0 Å². The Hall–Kier alpha value is -1.67. The number of thiocarbonyl (C=S) groups is 1. The molecule has 1 N–H and O–H groups in total. The largest absolute Gasteiger partial charge is 0.366 e. The van der Waals surface area contributed by atoms with Crippen molar-refractivity contribution in [3.8, 4) is 0 Å². The van der Waals surface area contributed by atoms with E-state index >= 15 is 0 Å². The maximum absolute atomic E-state index is 13.0. The second kappa shape index (κ2) is 6.57. The van der Waals surface area contributed by atoms with E-state index in [0.29, 0.717) is 0 Å². The van der Waals surface area contributed by atoms with E-state index in [2.05, 4.69) is 15.1 Å². The van der Waals surface area contributed by atoms with Gasteiger partial charge in [0.05, 0.1) is 5.39 Å². The Balaban J connectivity index is 1.68. The lowest BCUT2D eigenvalue weighted by Gasteiger charge is -2.36. The molecule has 1 aliphatic heterocycles. The second-order valence-electron chi connectivity index (χ2n) is 6.70. The molecule has 1 saturated heterocycles. The molecule has 25 heavy (non-hydrogen) atoms. The van der Waals surface area contributed by atoms with Crippen molar-refractivity contribution in [2.45, 2.75) is 25.7 Å². The van der Waals surface area contributed by atoms with Crippen LogP contribution in [0.1, 0.15) is 23.3 Å². The van der Waals surface area contributed by atoms with Gasteiger partial charge in [-0.15, -0.1) is 11.3 Å². The van der Waals surface area contributed by atoms with Crippen LogP contribution in [0.5, 0.6) is 0 Å². The minimum Gasteiger partial charge on any atom is -0.366 e. The predicted octanol–water partition coefficient (Wildman–Crippen LogP) is 1.50. The fraction of sp³-hybridized carbons (Fsp3) is 0.588. The Bertz CT molecular complexity index is 879. The van der Waals surface area contributed by atoms with E-state index in [0.717, 1.165) is 60.3 Å². The molecule has 0 atom stereocenters. The Labute approximate surface area is 156 Å². The van der Waals surface area contributed by atoms with Gasteiger partial charge in [0.2, 0.25) is 5.95 Å². The Morgan fingerprint density at radius 3 is 2.64 bits per heavy atom. The zero-order valence-corrected chi connectivity index (χ0v) is 16.3. The van der Waals surface area contributed by atoms with E-state index in [1.165, 1.54) is 23.3 Å². The summed E-state index contributed by atoms with van der Waals surface area (Å²) in [7, 11) is 3.70. The summed E-state index contributed by atoms with van der Waals surface area (Å²) in [6.07, 6.45) is 4.51. The number of aryl methyl sites for hydroxylation is 2. The van der Waals surface area contributed by atoms with E-state index in [4.69, 9.17) is 17.2 Å². The fourth-order valence-electron chi connectivity index (χ4n) is 3.83. The molecule has 3 heterocycles. The van der Waals surface area contributed by atoms with Crippen LogP contribution in [0.4, 0.5) is 5.95 Å². The third-order valence-corrected chi connectivity index (χ3v) is 6.88. The van der Waals surface area contributed by atoms with Crippen molar-refractivity contribution in [2.24, 2.45) is 7.05 Å². The third kappa shape index (κ3) is 2.81. The number of hydrogen-bond acceptors (Lipinski definition) is 5. The quantitative estimate of drug-likeness (QED) is 0.760. The highest BCUT2D eigenvalue weighted by molar-refractivity contribution is 7.80. The smallest absolute Gasteiger partial charge is 0.263 e. The van der Waals surface area contributed by atoms with Crippen LogP contribution in [-0.4, -0.2) is 52.8 Å². The van der Waals surface area contributed by atoms with Crippen LogP contribution in [0, 0.1) is 0 Å². The highest BCUT2D eigenvalue weighted by Gasteiger charge is 2.25. The van der Waals surface area contributed by atoms with Crippen LogP contribution < -0.4 is 15.8 Å². The molecule has 6 nitrogen and oxygen atoms in total. The summed E-state index contributed by atoms with van der Waals surface area (Å²) in [6, 6.07) is 0. The SMILES string of the molecule is CNC(=S)N1CCN(c2nc3sc4c(c3c(=O)n2C)CCCC4)CC1. The van der Waals surface area contributed by atoms with Crippen molar-refractivity contribution in [3.05, 3.63) is 20.8 Å². The molecule has 0 radical (unpaired) electrons. The third-order valence-electron chi connectivity index (χ3n) is 5.24. The van der Waals surface area contributed by atoms with E-state index < -0.39 is 0 Å². The van der Waals surface area contributed by atoms with Gasteiger partial charge in [-0.2, -0.15) is 0 Å². The molecule has 134 valence electrons. The lowest BCUT2D eigenvalue weighted by atomic mass is 9.97. The minimum atomic E-state index is 0.104. The molecule has 0 bridgehead atoms. The van der Waals surface area contributed by atoms with E-state index in [9.17, 15) is 4.79 Å². The summed E-state index contributed by atoms with van der Waals surface area (Å²) in [5.74, 6) is 0.783. The second-order valence-corrected chi connectivity index (χ2v) is 8.17. The highest BCUT2D eigenvalue weighted by atomic mass is 32.1. The number of piperazine rings is 1. The van der Waals surface area contributed by atoms with Gasteiger partial charge in [-0.3, -0.25) is 9.36 Å². The predicted molar refractivity (Wildman–Crippen MR) is 107 cm³/mol. The van der Waals surface area contributed by atoms with Gasteiger partial charge in [-0.05, 0) is 43.5 Å². The van der Waals surface area contributed by atoms with Gasteiger partial charge >= 0.3 is 0 Å². The van der Waals surface area contributed by atoms with E-state index in [1.807, 2.05) is 14.1 Å². The Morgan fingerprint density at radius 2 is 1.92 bits per heavy atom. The maximum Gasteiger partial charge on any atom is 0.263 e. The Morgan fingerprint density at radius 1 is 1.20 bits per heavy atom. The van der Waals surface area contributed by atoms with Crippen LogP contribution >= 0.6 is 23.6 Å². The van der Waals surface area contributed by atoms with Crippen LogP contribution in [0.15, 0.2) is 4.79 Å². The lowest BCUT2D eigenvalue weighted by molar-refractivity contribution is 0.378. The summed E-state index contributed by atoms with van der Waals surface area (Å²) in [5.41, 5.74) is 1.36. The van der Waals surface area contributed by atoms with Crippen molar-refractivity contribution < 1.29 is 0 Å². The first kappa shape index (κ1) is 16.8. The summed E-state index contributed by atoms with van der Waals surface area (Å²) in [6.45, 7) is 3.32.